The molecule has 0 saturated carbocycles. The number of furan rings is 1. The average molecular weight is 475 g/mol. The normalized spacial score (nSPS) is 12.3. The molecular formula is C19H12F7N5O2. The summed E-state index contributed by atoms with van der Waals surface area (Å²) in [6.07, 6.45) is -9.77. The minimum absolute atomic E-state index is 0.0717. The number of hydrogen-bond acceptors (Lipinski definition) is 6. The maximum atomic E-state index is 14.5. The first-order valence-electron chi connectivity index (χ1n) is 9.10. The highest BCUT2D eigenvalue weighted by molar-refractivity contribution is 5.82. The molecule has 0 spiro atoms. The average Bonchev–Trinajstić information content (AvgIpc) is 3.39. The Kier molecular flexibility index (Phi) is 5.59. The van der Waals surface area contributed by atoms with Gasteiger partial charge in [-0.1, -0.05) is 0 Å². The van der Waals surface area contributed by atoms with Crippen molar-refractivity contribution < 1.29 is 39.9 Å². The molecule has 0 aliphatic rings. The summed E-state index contributed by atoms with van der Waals surface area (Å²) in [6.45, 7) is -2.11. The predicted octanol–water partition coefficient (Wildman–Crippen LogP) is 5.32. The van der Waals surface area contributed by atoms with Crippen LogP contribution in [-0.4, -0.2) is 33.4 Å². The lowest BCUT2D eigenvalue weighted by atomic mass is 10.1. The molecule has 7 nitrogen and oxygen atoms in total. The molecule has 4 rings (SSSR count). The molecule has 0 bridgehead atoms. The molecular weight excluding hydrogens is 463 g/mol. The van der Waals surface area contributed by atoms with Crippen LogP contribution < -0.4 is 10.1 Å². The van der Waals surface area contributed by atoms with Crippen molar-refractivity contribution in [1.82, 2.24) is 20.6 Å². The summed E-state index contributed by atoms with van der Waals surface area (Å²) >= 11 is 0. The molecule has 0 fully saturated rings. The molecule has 0 saturated heterocycles. The van der Waals surface area contributed by atoms with Gasteiger partial charge >= 0.3 is 12.4 Å². The van der Waals surface area contributed by atoms with Gasteiger partial charge in [0.2, 0.25) is 5.82 Å². The second-order valence-corrected chi connectivity index (χ2v) is 6.79. The van der Waals surface area contributed by atoms with Crippen molar-refractivity contribution in [2.45, 2.75) is 18.9 Å². The smallest absolute Gasteiger partial charge is 0.422 e. The Hall–Kier alpha value is -3.84. The van der Waals surface area contributed by atoms with Crippen molar-refractivity contribution in [2.24, 2.45) is 0 Å². The Morgan fingerprint density at radius 2 is 1.82 bits per heavy atom. The molecule has 2 aromatic heterocycles. The zero-order chi connectivity index (χ0) is 23.8. The standard InChI is InChI=1S/C19H12F7N5O2/c20-13-3-9-4-16(17-28-30-31-29-17)33-15(9)5-10(13)7-27-11-1-2-14(32-8-18(21,22)23)12(6-11)19(24,25)26/h1-6,27H,7-8H2,(H,28,29,30,31). The lowest BCUT2D eigenvalue weighted by Gasteiger charge is -2.17. The third-order valence-corrected chi connectivity index (χ3v) is 4.41. The Bertz CT molecular complexity index is 1270. The third-order valence-electron chi connectivity index (χ3n) is 4.41. The van der Waals surface area contributed by atoms with Crippen molar-refractivity contribution in [1.29, 1.82) is 0 Å². The van der Waals surface area contributed by atoms with Gasteiger partial charge in [0.25, 0.3) is 0 Å². The van der Waals surface area contributed by atoms with Crippen LogP contribution in [0.25, 0.3) is 22.6 Å². The molecule has 2 heterocycles. The molecule has 0 unspecified atom stereocenters. The summed E-state index contributed by atoms with van der Waals surface area (Å²) in [4.78, 5) is 0. The van der Waals surface area contributed by atoms with Gasteiger partial charge in [-0.15, -0.1) is 10.2 Å². The highest BCUT2D eigenvalue weighted by atomic mass is 19.4. The molecule has 0 aliphatic carbocycles. The van der Waals surface area contributed by atoms with Crippen molar-refractivity contribution >= 4 is 16.7 Å². The van der Waals surface area contributed by atoms with E-state index in [1.165, 1.54) is 18.2 Å². The maximum Gasteiger partial charge on any atom is 0.422 e. The molecule has 0 radical (unpaired) electrons. The molecule has 0 amide bonds. The maximum absolute atomic E-state index is 14.5. The van der Waals surface area contributed by atoms with Gasteiger partial charge in [-0.25, -0.2) is 4.39 Å². The fourth-order valence-corrected chi connectivity index (χ4v) is 2.96. The van der Waals surface area contributed by atoms with Gasteiger partial charge in [0.15, 0.2) is 12.4 Å². The van der Waals surface area contributed by atoms with Crippen LogP contribution in [0.2, 0.25) is 0 Å². The number of rotatable bonds is 6. The summed E-state index contributed by atoms with van der Waals surface area (Å²) in [7, 11) is 0. The van der Waals surface area contributed by atoms with Crippen molar-refractivity contribution in [2.75, 3.05) is 11.9 Å². The van der Waals surface area contributed by atoms with E-state index >= 15 is 0 Å². The van der Waals surface area contributed by atoms with Gasteiger partial charge in [0.1, 0.15) is 17.1 Å². The number of alkyl halides is 6. The highest BCUT2D eigenvalue weighted by Crippen LogP contribution is 2.38. The van der Waals surface area contributed by atoms with Crippen LogP contribution in [-0.2, 0) is 12.7 Å². The summed E-state index contributed by atoms with van der Waals surface area (Å²) in [5.74, 6) is -1.24. The van der Waals surface area contributed by atoms with E-state index in [0.717, 1.165) is 12.1 Å². The molecule has 33 heavy (non-hydrogen) atoms. The first-order chi connectivity index (χ1) is 15.5. The zero-order valence-electron chi connectivity index (χ0n) is 16.2. The number of ether oxygens (including phenoxy) is 1. The summed E-state index contributed by atoms with van der Waals surface area (Å²) < 4.78 is 101. The molecule has 2 aromatic carbocycles. The number of anilines is 1. The molecule has 0 aliphatic heterocycles. The Morgan fingerprint density at radius 3 is 2.48 bits per heavy atom. The monoisotopic (exact) mass is 475 g/mol. The Balaban J connectivity index is 1.55. The minimum Gasteiger partial charge on any atom is -0.483 e. The van der Waals surface area contributed by atoms with Gasteiger partial charge < -0.3 is 14.5 Å². The van der Waals surface area contributed by atoms with Crippen LogP contribution in [0.4, 0.5) is 36.4 Å². The number of tetrazole rings is 1. The number of fused-ring (bicyclic) bond motifs is 1. The molecule has 14 heteroatoms. The Labute approximate surface area is 179 Å². The minimum atomic E-state index is -4.97. The molecule has 2 N–H and O–H groups in total. The number of benzene rings is 2. The van der Waals surface area contributed by atoms with E-state index in [1.54, 1.807) is 0 Å². The number of nitrogens with one attached hydrogen (secondary N) is 2. The van der Waals surface area contributed by atoms with E-state index in [4.69, 9.17) is 4.42 Å². The SMILES string of the molecule is Fc1cc2cc(-c3nn[nH]n3)oc2cc1CNc1ccc(OCC(F)(F)F)c(C(F)(F)F)c1. The van der Waals surface area contributed by atoms with Gasteiger partial charge in [0, 0.05) is 23.2 Å². The number of nitrogens with zero attached hydrogens (tertiary/aromatic N) is 3. The number of aromatic amines is 1. The second-order valence-electron chi connectivity index (χ2n) is 6.79. The fourth-order valence-electron chi connectivity index (χ4n) is 2.96. The largest absolute Gasteiger partial charge is 0.483 e. The van der Waals surface area contributed by atoms with E-state index in [1.807, 2.05) is 0 Å². The van der Waals surface area contributed by atoms with Gasteiger partial charge in [-0.05, 0) is 41.6 Å². The van der Waals surface area contributed by atoms with Crippen LogP contribution >= 0.6 is 0 Å². The topological polar surface area (TPSA) is 88.9 Å². The van der Waals surface area contributed by atoms with E-state index in [9.17, 15) is 30.7 Å². The summed E-state index contributed by atoms with van der Waals surface area (Å²) in [5, 5.41) is 16.2. The van der Waals surface area contributed by atoms with E-state index in [-0.39, 0.29) is 35.0 Å². The number of hydrogen-bond donors (Lipinski definition) is 2. The van der Waals surface area contributed by atoms with E-state index in [0.29, 0.717) is 11.5 Å². The molecule has 4 aromatic rings. The number of halogens is 7. The van der Waals surface area contributed by atoms with Gasteiger partial charge in [-0.3, -0.25) is 0 Å². The predicted molar refractivity (Wildman–Crippen MR) is 99.7 cm³/mol. The van der Waals surface area contributed by atoms with E-state index < -0.39 is 36.1 Å². The first kappa shape index (κ1) is 22.4. The van der Waals surface area contributed by atoms with Crippen LogP contribution in [0.3, 0.4) is 0 Å². The summed E-state index contributed by atoms with van der Waals surface area (Å²) in [6, 6.07) is 6.47. The number of H-pyrrole nitrogens is 1. The lowest BCUT2D eigenvalue weighted by molar-refractivity contribution is -0.158. The quantitative estimate of drug-likeness (QED) is 0.367. The first-order valence-corrected chi connectivity index (χ1v) is 9.10. The molecule has 174 valence electrons. The zero-order valence-corrected chi connectivity index (χ0v) is 16.2. The number of aromatic nitrogens is 4. The van der Waals surface area contributed by atoms with Crippen molar-refractivity contribution in [3.05, 3.63) is 53.3 Å². The molecule has 0 atom stereocenters. The Morgan fingerprint density at radius 1 is 1.03 bits per heavy atom. The summed E-state index contributed by atoms with van der Waals surface area (Å²) in [5.41, 5.74) is -1.15. The highest BCUT2D eigenvalue weighted by Gasteiger charge is 2.36. The fraction of sp³-hybridized carbons (Fsp3) is 0.211. The van der Waals surface area contributed by atoms with Crippen LogP contribution in [0.1, 0.15) is 11.1 Å². The van der Waals surface area contributed by atoms with Gasteiger partial charge in [-0.2, -0.15) is 31.6 Å². The van der Waals surface area contributed by atoms with Crippen LogP contribution in [0.5, 0.6) is 5.75 Å². The van der Waals surface area contributed by atoms with Gasteiger partial charge in [0.05, 0.1) is 5.56 Å². The van der Waals surface area contributed by atoms with Crippen molar-refractivity contribution in [3.8, 4) is 17.3 Å². The van der Waals surface area contributed by atoms with Crippen LogP contribution in [0.15, 0.2) is 40.8 Å². The third kappa shape index (κ3) is 5.15. The van der Waals surface area contributed by atoms with E-state index in [2.05, 4.69) is 30.7 Å². The second kappa shape index (κ2) is 8.26. The van der Waals surface area contributed by atoms with Crippen LogP contribution in [0, 0.1) is 5.82 Å². The lowest BCUT2D eigenvalue weighted by Crippen LogP contribution is -2.21. The van der Waals surface area contributed by atoms with Crippen molar-refractivity contribution in [3.63, 3.8) is 0 Å².